The lowest BCUT2D eigenvalue weighted by Crippen LogP contribution is -2.40. The van der Waals surface area contributed by atoms with Gasteiger partial charge in [0, 0.05) is 37.6 Å². The summed E-state index contributed by atoms with van der Waals surface area (Å²) in [6, 6.07) is 5.96. The molecule has 0 aliphatic carbocycles. The lowest BCUT2D eigenvalue weighted by atomic mass is 10.0. The molecule has 7 heteroatoms. The van der Waals surface area contributed by atoms with Crippen molar-refractivity contribution in [3.63, 3.8) is 0 Å². The molecule has 0 N–H and O–H groups in total. The Kier molecular flexibility index (Phi) is 3.76. The molecule has 3 aromatic rings. The number of rotatable bonds is 3. The standard InChI is InChI=1S/C17H20N6O/c1-2-23-16-6-5-13(10-15(16)19-20-23)17(24)21-8-3-4-14(11-21)22-9-7-18-12-22/h5-7,9-10,12,14H,2-4,8,11H2,1H3/t14-/m0/s1. The van der Waals surface area contributed by atoms with Crippen LogP contribution in [0.5, 0.6) is 0 Å². The molecule has 0 saturated carbocycles. The Balaban J connectivity index is 1.56. The first-order valence-corrected chi connectivity index (χ1v) is 8.36. The number of fused-ring (bicyclic) bond motifs is 1. The molecule has 2 aromatic heterocycles. The molecule has 24 heavy (non-hydrogen) atoms. The number of carbonyl (C=O) groups excluding carboxylic acids is 1. The van der Waals surface area contributed by atoms with Gasteiger partial charge in [0.25, 0.3) is 5.91 Å². The highest BCUT2D eigenvalue weighted by molar-refractivity contribution is 5.97. The van der Waals surface area contributed by atoms with Gasteiger partial charge in [-0.1, -0.05) is 5.21 Å². The molecule has 1 amide bonds. The van der Waals surface area contributed by atoms with E-state index < -0.39 is 0 Å². The number of benzene rings is 1. The quantitative estimate of drug-likeness (QED) is 0.740. The van der Waals surface area contributed by atoms with Gasteiger partial charge in [0.1, 0.15) is 5.52 Å². The number of piperidine rings is 1. The van der Waals surface area contributed by atoms with Crippen molar-refractivity contribution in [1.29, 1.82) is 0 Å². The lowest BCUT2D eigenvalue weighted by Gasteiger charge is -2.33. The van der Waals surface area contributed by atoms with Gasteiger partial charge < -0.3 is 9.47 Å². The number of hydrogen-bond donors (Lipinski definition) is 0. The first kappa shape index (κ1) is 14.9. The van der Waals surface area contributed by atoms with Gasteiger partial charge in [0.15, 0.2) is 0 Å². The van der Waals surface area contributed by atoms with Gasteiger partial charge in [-0.15, -0.1) is 5.10 Å². The first-order chi connectivity index (χ1) is 11.8. The van der Waals surface area contributed by atoms with Gasteiger partial charge in [-0.05, 0) is 38.0 Å². The maximum atomic E-state index is 12.9. The number of imidazole rings is 1. The molecule has 7 nitrogen and oxygen atoms in total. The minimum absolute atomic E-state index is 0.0627. The van der Waals surface area contributed by atoms with Crippen molar-refractivity contribution in [1.82, 2.24) is 29.4 Å². The molecule has 0 unspecified atom stereocenters. The zero-order valence-electron chi connectivity index (χ0n) is 13.7. The molecule has 3 heterocycles. The highest BCUT2D eigenvalue weighted by atomic mass is 16.2. The van der Waals surface area contributed by atoms with Crippen LogP contribution in [0, 0.1) is 0 Å². The topological polar surface area (TPSA) is 68.8 Å². The minimum Gasteiger partial charge on any atom is -0.337 e. The van der Waals surface area contributed by atoms with Gasteiger partial charge in [0.2, 0.25) is 0 Å². The predicted molar refractivity (Wildman–Crippen MR) is 89.6 cm³/mol. The summed E-state index contributed by atoms with van der Waals surface area (Å²) in [6.45, 7) is 4.30. The van der Waals surface area contributed by atoms with E-state index in [1.54, 1.807) is 6.20 Å². The largest absolute Gasteiger partial charge is 0.337 e. The number of amides is 1. The Morgan fingerprint density at radius 3 is 3.08 bits per heavy atom. The van der Waals surface area contributed by atoms with Crippen molar-refractivity contribution in [2.75, 3.05) is 13.1 Å². The van der Waals surface area contributed by atoms with E-state index in [1.165, 1.54) is 0 Å². The molecule has 0 bridgehead atoms. The van der Waals surface area contributed by atoms with E-state index in [2.05, 4.69) is 19.9 Å². The van der Waals surface area contributed by atoms with E-state index in [9.17, 15) is 4.79 Å². The van der Waals surface area contributed by atoms with Crippen molar-refractivity contribution < 1.29 is 4.79 Å². The fourth-order valence-electron chi connectivity index (χ4n) is 3.39. The average Bonchev–Trinajstić information content (AvgIpc) is 3.30. The summed E-state index contributed by atoms with van der Waals surface area (Å²) in [5.41, 5.74) is 2.41. The first-order valence-electron chi connectivity index (χ1n) is 8.36. The van der Waals surface area contributed by atoms with Gasteiger partial charge in [-0.3, -0.25) is 4.79 Å². The van der Waals surface area contributed by atoms with Crippen molar-refractivity contribution in [3.8, 4) is 0 Å². The van der Waals surface area contributed by atoms with Crippen molar-refractivity contribution in [2.24, 2.45) is 0 Å². The normalized spacial score (nSPS) is 18.2. The molecular formula is C17H20N6O. The third-order valence-electron chi connectivity index (χ3n) is 4.69. The van der Waals surface area contributed by atoms with Gasteiger partial charge in [0.05, 0.1) is 17.9 Å². The molecule has 1 atom stereocenters. The highest BCUT2D eigenvalue weighted by Crippen LogP contribution is 2.23. The fourth-order valence-corrected chi connectivity index (χ4v) is 3.39. The SMILES string of the molecule is CCn1nnc2cc(C(=O)N3CCC[C@H](n4ccnc4)C3)ccc21. The number of nitrogens with zero attached hydrogens (tertiary/aromatic N) is 6. The third kappa shape index (κ3) is 2.55. The van der Waals surface area contributed by atoms with Crippen molar-refractivity contribution >= 4 is 16.9 Å². The summed E-state index contributed by atoms with van der Waals surface area (Å²) in [7, 11) is 0. The Bertz CT molecular complexity index is 853. The van der Waals surface area contributed by atoms with Crippen LogP contribution in [0.2, 0.25) is 0 Å². The Hall–Kier alpha value is -2.70. The van der Waals surface area contributed by atoms with Crippen molar-refractivity contribution in [3.05, 3.63) is 42.5 Å². The molecule has 1 fully saturated rings. The van der Waals surface area contributed by atoms with Crippen LogP contribution >= 0.6 is 0 Å². The van der Waals surface area contributed by atoms with E-state index in [1.807, 2.05) is 47.2 Å². The summed E-state index contributed by atoms with van der Waals surface area (Å²) >= 11 is 0. The van der Waals surface area contributed by atoms with Crippen LogP contribution in [0.4, 0.5) is 0 Å². The molecular weight excluding hydrogens is 304 g/mol. The van der Waals surface area contributed by atoms with Gasteiger partial charge >= 0.3 is 0 Å². The van der Waals surface area contributed by atoms with Crippen LogP contribution < -0.4 is 0 Å². The lowest BCUT2D eigenvalue weighted by molar-refractivity contribution is 0.0679. The molecule has 0 spiro atoms. The molecule has 1 aliphatic rings. The average molecular weight is 324 g/mol. The zero-order valence-corrected chi connectivity index (χ0v) is 13.7. The van der Waals surface area contributed by atoms with Crippen molar-refractivity contribution in [2.45, 2.75) is 32.4 Å². The van der Waals surface area contributed by atoms with Crippen LogP contribution in [0.15, 0.2) is 36.9 Å². The predicted octanol–water partition coefficient (Wildman–Crippen LogP) is 2.12. The molecule has 1 aromatic carbocycles. The Morgan fingerprint density at radius 1 is 1.38 bits per heavy atom. The number of aromatic nitrogens is 5. The molecule has 1 aliphatic heterocycles. The molecule has 4 rings (SSSR count). The fraction of sp³-hybridized carbons (Fsp3) is 0.412. The summed E-state index contributed by atoms with van der Waals surface area (Å²) in [5, 5.41) is 8.27. The maximum Gasteiger partial charge on any atom is 0.254 e. The van der Waals surface area contributed by atoms with Crippen LogP contribution in [0.3, 0.4) is 0 Å². The number of hydrogen-bond acceptors (Lipinski definition) is 4. The second kappa shape index (κ2) is 6.07. The van der Waals surface area contributed by atoms with Crippen LogP contribution in [0.1, 0.15) is 36.2 Å². The second-order valence-electron chi connectivity index (χ2n) is 6.17. The molecule has 0 radical (unpaired) electrons. The zero-order chi connectivity index (χ0) is 16.5. The smallest absolute Gasteiger partial charge is 0.254 e. The van der Waals surface area contributed by atoms with E-state index in [0.29, 0.717) is 11.6 Å². The Morgan fingerprint density at radius 2 is 2.29 bits per heavy atom. The van der Waals surface area contributed by atoms with E-state index in [4.69, 9.17) is 0 Å². The van der Waals surface area contributed by atoms with Crippen LogP contribution in [-0.2, 0) is 6.54 Å². The second-order valence-corrected chi connectivity index (χ2v) is 6.17. The highest BCUT2D eigenvalue weighted by Gasteiger charge is 2.25. The number of aryl methyl sites for hydroxylation is 1. The third-order valence-corrected chi connectivity index (χ3v) is 4.69. The molecule has 1 saturated heterocycles. The van der Waals surface area contributed by atoms with Gasteiger partial charge in [-0.25, -0.2) is 9.67 Å². The van der Waals surface area contributed by atoms with E-state index in [0.717, 1.165) is 43.5 Å². The van der Waals surface area contributed by atoms with Crippen LogP contribution in [-0.4, -0.2) is 48.4 Å². The minimum atomic E-state index is 0.0627. The monoisotopic (exact) mass is 324 g/mol. The number of likely N-dealkylation sites (tertiary alicyclic amines) is 1. The van der Waals surface area contributed by atoms with E-state index in [-0.39, 0.29) is 5.91 Å². The summed E-state index contributed by atoms with van der Waals surface area (Å²) in [4.78, 5) is 18.9. The summed E-state index contributed by atoms with van der Waals surface area (Å²) in [5.74, 6) is 0.0627. The molecule has 124 valence electrons. The van der Waals surface area contributed by atoms with Crippen LogP contribution in [0.25, 0.3) is 11.0 Å². The van der Waals surface area contributed by atoms with Gasteiger partial charge in [-0.2, -0.15) is 0 Å². The maximum absolute atomic E-state index is 12.9. The summed E-state index contributed by atoms with van der Waals surface area (Å²) < 4.78 is 3.93. The number of carbonyl (C=O) groups is 1. The summed E-state index contributed by atoms with van der Waals surface area (Å²) in [6.07, 6.45) is 7.65. The van der Waals surface area contributed by atoms with E-state index >= 15 is 0 Å². The Labute approximate surface area is 139 Å².